The molecule has 0 saturated heterocycles. The zero-order valence-electron chi connectivity index (χ0n) is 8.39. The van der Waals surface area contributed by atoms with Crippen molar-refractivity contribution in [3.8, 4) is 11.8 Å². The van der Waals surface area contributed by atoms with E-state index in [0.29, 0.717) is 0 Å². The van der Waals surface area contributed by atoms with Crippen LogP contribution in [0.2, 0.25) is 0 Å². The molecular formula is C10H16O2. The van der Waals surface area contributed by atoms with Crippen LogP contribution < -0.4 is 0 Å². The van der Waals surface area contributed by atoms with Crippen molar-refractivity contribution in [1.82, 2.24) is 0 Å². The Morgan fingerprint density at radius 2 is 2.00 bits per heavy atom. The molecule has 0 aliphatic heterocycles. The molecule has 0 unspecified atom stereocenters. The maximum Gasteiger partial charge on any atom is 0.304 e. The maximum absolute atomic E-state index is 10.7. The molecule has 0 aromatic rings. The van der Waals surface area contributed by atoms with Gasteiger partial charge in [0.25, 0.3) is 0 Å². The van der Waals surface area contributed by atoms with Gasteiger partial charge in [0.1, 0.15) is 0 Å². The smallest absolute Gasteiger partial charge is 0.304 e. The van der Waals surface area contributed by atoms with Crippen molar-refractivity contribution in [2.45, 2.75) is 40.2 Å². The molecule has 0 heterocycles. The molecule has 0 aliphatic carbocycles. The largest absolute Gasteiger partial charge is 0.446 e. The molecule has 0 spiro atoms. The number of rotatable bonds is 2. The van der Waals surface area contributed by atoms with E-state index in [2.05, 4.69) is 11.8 Å². The van der Waals surface area contributed by atoms with Gasteiger partial charge in [-0.25, -0.2) is 0 Å². The third-order valence-corrected chi connectivity index (χ3v) is 1.83. The minimum Gasteiger partial charge on any atom is -0.446 e. The van der Waals surface area contributed by atoms with Gasteiger partial charge in [-0.15, -0.1) is 5.92 Å². The van der Waals surface area contributed by atoms with Gasteiger partial charge in [-0.1, -0.05) is 19.8 Å². The van der Waals surface area contributed by atoms with Crippen molar-refractivity contribution in [3.63, 3.8) is 0 Å². The van der Waals surface area contributed by atoms with Gasteiger partial charge >= 0.3 is 5.97 Å². The quantitative estimate of drug-likeness (QED) is 0.465. The third-order valence-electron chi connectivity index (χ3n) is 1.83. The molecule has 2 heteroatoms. The molecule has 0 fully saturated rings. The minimum absolute atomic E-state index is 0.203. The van der Waals surface area contributed by atoms with Crippen molar-refractivity contribution >= 4 is 5.97 Å². The minimum atomic E-state index is -0.638. The standard InChI is InChI=1S/C10H16O2/c1-6-7-10(5,8(2)3)12-9(4)11/h8H,1-5H3/t10-/m0/s1. The summed E-state index contributed by atoms with van der Waals surface area (Å²) in [6, 6.07) is 0. The lowest BCUT2D eigenvalue weighted by Crippen LogP contribution is -2.34. The van der Waals surface area contributed by atoms with Crippen LogP contribution in [-0.4, -0.2) is 11.6 Å². The summed E-state index contributed by atoms with van der Waals surface area (Å²) in [5.74, 6) is 5.58. The van der Waals surface area contributed by atoms with Gasteiger partial charge in [0.15, 0.2) is 5.60 Å². The first-order valence-corrected chi connectivity index (χ1v) is 4.06. The van der Waals surface area contributed by atoms with Gasteiger partial charge in [-0.2, -0.15) is 0 Å². The average molecular weight is 168 g/mol. The highest BCUT2D eigenvalue weighted by atomic mass is 16.6. The van der Waals surface area contributed by atoms with E-state index >= 15 is 0 Å². The monoisotopic (exact) mass is 168 g/mol. The molecule has 1 atom stereocenters. The van der Waals surface area contributed by atoms with Gasteiger partial charge in [-0.3, -0.25) is 4.79 Å². The lowest BCUT2D eigenvalue weighted by Gasteiger charge is -2.27. The van der Waals surface area contributed by atoms with E-state index < -0.39 is 5.60 Å². The summed E-state index contributed by atoms with van der Waals surface area (Å²) < 4.78 is 5.13. The van der Waals surface area contributed by atoms with Gasteiger partial charge in [0.05, 0.1) is 0 Å². The Bertz CT molecular complexity index is 220. The van der Waals surface area contributed by atoms with Crippen LogP contribution in [0.4, 0.5) is 0 Å². The third kappa shape index (κ3) is 2.96. The molecule has 68 valence electrons. The van der Waals surface area contributed by atoms with Crippen LogP contribution in [0.5, 0.6) is 0 Å². The van der Waals surface area contributed by atoms with Crippen LogP contribution in [0, 0.1) is 17.8 Å². The van der Waals surface area contributed by atoms with E-state index in [4.69, 9.17) is 4.74 Å². The highest BCUT2D eigenvalue weighted by Gasteiger charge is 2.28. The molecule has 0 amide bonds. The van der Waals surface area contributed by atoms with Crippen molar-refractivity contribution in [2.24, 2.45) is 5.92 Å². The molecule has 0 aromatic heterocycles. The molecule has 12 heavy (non-hydrogen) atoms. The number of hydrogen-bond donors (Lipinski definition) is 0. The fourth-order valence-electron chi connectivity index (χ4n) is 0.834. The summed E-state index contributed by atoms with van der Waals surface area (Å²) in [6.07, 6.45) is 0. The average Bonchev–Trinajstić information content (AvgIpc) is 1.85. The van der Waals surface area contributed by atoms with Crippen LogP contribution >= 0.6 is 0 Å². The summed E-state index contributed by atoms with van der Waals surface area (Å²) in [6.45, 7) is 8.93. The molecule has 0 N–H and O–H groups in total. The van der Waals surface area contributed by atoms with Crippen LogP contribution in [-0.2, 0) is 9.53 Å². The summed E-state index contributed by atoms with van der Waals surface area (Å²) in [7, 11) is 0. The molecule has 0 rings (SSSR count). The van der Waals surface area contributed by atoms with Crippen LogP contribution in [0.1, 0.15) is 34.6 Å². The van der Waals surface area contributed by atoms with E-state index in [-0.39, 0.29) is 11.9 Å². The number of ether oxygens (including phenoxy) is 1. The molecular weight excluding hydrogens is 152 g/mol. The molecule has 2 nitrogen and oxygen atoms in total. The van der Waals surface area contributed by atoms with Gasteiger partial charge < -0.3 is 4.74 Å². The summed E-state index contributed by atoms with van der Waals surface area (Å²) >= 11 is 0. The lowest BCUT2D eigenvalue weighted by atomic mass is 9.93. The Morgan fingerprint density at radius 1 is 1.50 bits per heavy atom. The Hall–Kier alpha value is -0.970. The van der Waals surface area contributed by atoms with E-state index in [1.165, 1.54) is 6.92 Å². The molecule has 0 aromatic carbocycles. The van der Waals surface area contributed by atoms with Crippen molar-refractivity contribution < 1.29 is 9.53 Å². The summed E-state index contributed by atoms with van der Waals surface area (Å²) in [5, 5.41) is 0. The zero-order valence-corrected chi connectivity index (χ0v) is 8.39. The van der Waals surface area contributed by atoms with Gasteiger partial charge in [0.2, 0.25) is 0 Å². The molecule has 0 bridgehead atoms. The Labute approximate surface area is 74.3 Å². The van der Waals surface area contributed by atoms with Crippen molar-refractivity contribution in [2.75, 3.05) is 0 Å². The Balaban J connectivity index is 4.58. The van der Waals surface area contributed by atoms with Crippen molar-refractivity contribution in [1.29, 1.82) is 0 Å². The summed E-state index contributed by atoms with van der Waals surface area (Å²) in [5.41, 5.74) is -0.638. The second kappa shape index (κ2) is 4.15. The van der Waals surface area contributed by atoms with E-state index in [1.54, 1.807) is 6.92 Å². The first-order chi connectivity index (χ1) is 5.42. The van der Waals surface area contributed by atoms with Gasteiger partial charge in [0, 0.05) is 12.8 Å². The first kappa shape index (κ1) is 11.0. The number of esters is 1. The van der Waals surface area contributed by atoms with E-state index in [1.807, 2.05) is 20.8 Å². The predicted molar refractivity (Wildman–Crippen MR) is 48.5 cm³/mol. The second-order valence-corrected chi connectivity index (χ2v) is 3.23. The first-order valence-electron chi connectivity index (χ1n) is 4.06. The predicted octanol–water partition coefficient (Wildman–Crippen LogP) is 1.99. The second-order valence-electron chi connectivity index (χ2n) is 3.23. The van der Waals surface area contributed by atoms with Crippen LogP contribution in [0.25, 0.3) is 0 Å². The maximum atomic E-state index is 10.7. The number of hydrogen-bond acceptors (Lipinski definition) is 2. The highest BCUT2D eigenvalue weighted by molar-refractivity contribution is 5.67. The van der Waals surface area contributed by atoms with Crippen molar-refractivity contribution in [3.05, 3.63) is 0 Å². The normalized spacial score (nSPS) is 14.5. The molecule has 0 aliphatic rings. The molecule has 0 radical (unpaired) electrons. The number of carbonyl (C=O) groups excluding carboxylic acids is 1. The van der Waals surface area contributed by atoms with Crippen LogP contribution in [0.15, 0.2) is 0 Å². The Kier molecular flexibility index (Phi) is 3.82. The van der Waals surface area contributed by atoms with Gasteiger partial charge in [-0.05, 0) is 13.8 Å². The SMILES string of the molecule is CC#C[C@](C)(OC(C)=O)C(C)C. The highest BCUT2D eigenvalue weighted by Crippen LogP contribution is 2.20. The number of carbonyl (C=O) groups is 1. The summed E-state index contributed by atoms with van der Waals surface area (Å²) in [4.78, 5) is 10.7. The topological polar surface area (TPSA) is 26.3 Å². The van der Waals surface area contributed by atoms with Crippen LogP contribution in [0.3, 0.4) is 0 Å². The molecule has 0 saturated carbocycles. The lowest BCUT2D eigenvalue weighted by molar-refractivity contribution is -0.153. The van der Waals surface area contributed by atoms with E-state index in [0.717, 1.165) is 0 Å². The Morgan fingerprint density at radius 3 is 2.25 bits per heavy atom. The fourth-order valence-corrected chi connectivity index (χ4v) is 0.834. The van der Waals surface area contributed by atoms with E-state index in [9.17, 15) is 4.79 Å². The zero-order chi connectivity index (χ0) is 9.78. The fraction of sp³-hybridized carbons (Fsp3) is 0.700.